The largest absolute Gasteiger partial charge is 0.348 e. The van der Waals surface area contributed by atoms with Gasteiger partial charge in [0.15, 0.2) is 0 Å². The molecular weight excluding hydrogens is 306 g/mol. The first-order chi connectivity index (χ1) is 11.8. The Morgan fingerprint density at radius 2 is 2.33 bits per heavy atom. The van der Waals surface area contributed by atoms with Crippen molar-refractivity contribution in [2.45, 2.75) is 31.1 Å². The highest BCUT2D eigenvalue weighted by molar-refractivity contribution is 6.02. The molecule has 3 aromatic heterocycles. The van der Waals surface area contributed by atoms with Crippen molar-refractivity contribution < 1.29 is 9.32 Å². The van der Waals surface area contributed by atoms with E-state index in [2.05, 4.69) is 20.3 Å². The monoisotopic (exact) mass is 323 g/mol. The Labute approximate surface area is 138 Å². The first kappa shape index (κ1) is 13.7. The summed E-state index contributed by atoms with van der Waals surface area (Å²) in [6, 6.07) is 3.62. The summed E-state index contributed by atoms with van der Waals surface area (Å²) in [7, 11) is 0. The van der Waals surface area contributed by atoms with Gasteiger partial charge in [-0.2, -0.15) is 5.10 Å². The molecule has 24 heavy (non-hydrogen) atoms. The molecule has 1 unspecified atom stereocenters. The third-order valence-corrected chi connectivity index (χ3v) is 5.43. The van der Waals surface area contributed by atoms with Gasteiger partial charge < -0.3 is 9.42 Å². The van der Waals surface area contributed by atoms with E-state index in [0.29, 0.717) is 17.6 Å². The molecule has 0 saturated carbocycles. The van der Waals surface area contributed by atoms with Crippen LogP contribution in [0.2, 0.25) is 0 Å². The van der Waals surface area contributed by atoms with Crippen LogP contribution < -0.4 is 0 Å². The van der Waals surface area contributed by atoms with Gasteiger partial charge in [-0.3, -0.25) is 9.89 Å². The summed E-state index contributed by atoms with van der Waals surface area (Å²) in [4.78, 5) is 19.0. The summed E-state index contributed by atoms with van der Waals surface area (Å²) in [5.41, 5.74) is 2.99. The molecule has 1 fully saturated rings. The molecule has 1 spiro atoms. The smallest absolute Gasteiger partial charge is 0.293 e. The molecule has 1 aliphatic heterocycles. The van der Waals surface area contributed by atoms with Gasteiger partial charge in [-0.1, -0.05) is 5.16 Å². The lowest BCUT2D eigenvalue weighted by molar-refractivity contribution is 0.0594. The van der Waals surface area contributed by atoms with Gasteiger partial charge in [0.05, 0.1) is 11.6 Å². The van der Waals surface area contributed by atoms with Crippen LogP contribution in [0.5, 0.6) is 0 Å². The quantitative estimate of drug-likeness (QED) is 0.740. The molecule has 5 rings (SSSR count). The highest BCUT2D eigenvalue weighted by atomic mass is 16.5. The molecule has 1 amide bonds. The van der Waals surface area contributed by atoms with Crippen LogP contribution >= 0.6 is 0 Å². The molecule has 1 aliphatic carbocycles. The number of carbonyl (C=O) groups is 1. The summed E-state index contributed by atoms with van der Waals surface area (Å²) in [5, 5.41) is 11.9. The molecular formula is C17H17N5O2. The molecule has 0 aromatic carbocycles. The number of pyridine rings is 1. The van der Waals surface area contributed by atoms with Crippen molar-refractivity contribution in [2.24, 2.45) is 0 Å². The third-order valence-electron chi connectivity index (χ3n) is 5.43. The van der Waals surface area contributed by atoms with Crippen LogP contribution in [0.1, 0.15) is 41.1 Å². The number of hydrogen-bond acceptors (Lipinski definition) is 5. The number of aromatic amines is 1. The van der Waals surface area contributed by atoms with Crippen LogP contribution in [0.25, 0.3) is 11.0 Å². The van der Waals surface area contributed by atoms with Gasteiger partial charge in [0, 0.05) is 30.4 Å². The maximum Gasteiger partial charge on any atom is 0.293 e. The van der Waals surface area contributed by atoms with Crippen LogP contribution in [-0.4, -0.2) is 44.2 Å². The fourth-order valence-electron chi connectivity index (χ4n) is 4.25. The number of fused-ring (bicyclic) bond motifs is 3. The molecule has 0 radical (unpaired) electrons. The number of aryl methyl sites for hydroxylation is 1. The second kappa shape index (κ2) is 4.90. The molecule has 1 N–H and O–H groups in total. The van der Waals surface area contributed by atoms with Gasteiger partial charge in [0.25, 0.3) is 5.91 Å². The maximum atomic E-state index is 13.0. The Morgan fingerprint density at radius 3 is 3.29 bits per heavy atom. The van der Waals surface area contributed by atoms with Crippen molar-refractivity contribution >= 4 is 16.9 Å². The standard InChI is InChI=1S/C17H17N5O2/c23-16(13-12-3-1-7-18-15(12)21-24-13)22-8-2-5-17(10-22)6-4-11-9-19-20-14(11)17/h1,3,7,9H,2,4-6,8,10H2,(H,19,20). The van der Waals surface area contributed by atoms with Crippen molar-refractivity contribution in [2.75, 3.05) is 13.1 Å². The maximum absolute atomic E-state index is 13.0. The summed E-state index contributed by atoms with van der Waals surface area (Å²) in [6.45, 7) is 1.44. The molecule has 1 saturated heterocycles. The van der Waals surface area contributed by atoms with Gasteiger partial charge in [-0.15, -0.1) is 0 Å². The van der Waals surface area contributed by atoms with Crippen molar-refractivity contribution in [3.05, 3.63) is 41.5 Å². The lowest BCUT2D eigenvalue weighted by atomic mass is 9.77. The second-order valence-corrected chi connectivity index (χ2v) is 6.77. The van der Waals surface area contributed by atoms with Crippen molar-refractivity contribution in [3.63, 3.8) is 0 Å². The van der Waals surface area contributed by atoms with Crippen molar-refractivity contribution in [1.82, 2.24) is 25.2 Å². The molecule has 2 aliphatic rings. The van der Waals surface area contributed by atoms with E-state index < -0.39 is 0 Å². The zero-order chi connectivity index (χ0) is 16.1. The Bertz CT molecular complexity index is 930. The number of H-pyrrole nitrogens is 1. The van der Waals surface area contributed by atoms with E-state index in [4.69, 9.17) is 4.52 Å². The number of likely N-dealkylation sites (tertiary alicyclic amines) is 1. The van der Waals surface area contributed by atoms with E-state index in [1.165, 1.54) is 11.3 Å². The number of carbonyl (C=O) groups excluding carboxylic acids is 1. The fourth-order valence-corrected chi connectivity index (χ4v) is 4.25. The van der Waals surface area contributed by atoms with Gasteiger partial charge >= 0.3 is 0 Å². The highest BCUT2D eigenvalue weighted by Crippen LogP contribution is 2.44. The minimum Gasteiger partial charge on any atom is -0.348 e. The van der Waals surface area contributed by atoms with E-state index in [1.54, 1.807) is 12.3 Å². The molecule has 1 atom stereocenters. The van der Waals surface area contributed by atoms with E-state index in [1.807, 2.05) is 17.2 Å². The predicted octanol–water partition coefficient (Wildman–Crippen LogP) is 2.07. The first-order valence-electron chi connectivity index (χ1n) is 8.29. The van der Waals surface area contributed by atoms with Gasteiger partial charge in [-0.05, 0) is 43.4 Å². The number of amides is 1. The van der Waals surface area contributed by atoms with Crippen LogP contribution in [0.15, 0.2) is 29.0 Å². The zero-order valence-electron chi connectivity index (χ0n) is 13.2. The number of nitrogens with one attached hydrogen (secondary N) is 1. The zero-order valence-corrected chi connectivity index (χ0v) is 13.2. The molecule has 3 aromatic rings. The predicted molar refractivity (Wildman–Crippen MR) is 85.5 cm³/mol. The minimum atomic E-state index is -0.0995. The van der Waals surface area contributed by atoms with E-state index in [0.717, 1.165) is 32.2 Å². The molecule has 7 heteroatoms. The molecule has 122 valence electrons. The van der Waals surface area contributed by atoms with E-state index in [-0.39, 0.29) is 17.1 Å². The second-order valence-electron chi connectivity index (χ2n) is 6.77. The Kier molecular flexibility index (Phi) is 2.80. The van der Waals surface area contributed by atoms with Crippen LogP contribution in [0.3, 0.4) is 0 Å². The number of aromatic nitrogens is 4. The third kappa shape index (κ3) is 1.84. The lowest BCUT2D eigenvalue weighted by Crippen LogP contribution is -2.47. The Morgan fingerprint density at radius 1 is 1.38 bits per heavy atom. The number of piperidine rings is 1. The van der Waals surface area contributed by atoms with Crippen LogP contribution in [-0.2, 0) is 11.8 Å². The van der Waals surface area contributed by atoms with Crippen molar-refractivity contribution in [3.8, 4) is 0 Å². The molecule has 4 heterocycles. The van der Waals surface area contributed by atoms with Crippen molar-refractivity contribution in [1.29, 1.82) is 0 Å². The average Bonchev–Trinajstić information content (AvgIpc) is 3.32. The van der Waals surface area contributed by atoms with Gasteiger partial charge in [0.2, 0.25) is 11.4 Å². The Hall–Kier alpha value is -2.70. The van der Waals surface area contributed by atoms with Gasteiger partial charge in [-0.25, -0.2) is 4.98 Å². The van der Waals surface area contributed by atoms with Crippen LogP contribution in [0, 0.1) is 0 Å². The molecule has 7 nitrogen and oxygen atoms in total. The number of rotatable bonds is 1. The summed E-state index contributed by atoms with van der Waals surface area (Å²) >= 11 is 0. The average molecular weight is 323 g/mol. The SMILES string of the molecule is O=C(c1onc2ncccc12)N1CCCC2(CCc3cn[nH]c32)C1. The van der Waals surface area contributed by atoms with Crippen LogP contribution in [0.4, 0.5) is 0 Å². The summed E-state index contributed by atoms with van der Waals surface area (Å²) in [5.74, 6) is 0.190. The highest BCUT2D eigenvalue weighted by Gasteiger charge is 2.45. The van der Waals surface area contributed by atoms with E-state index >= 15 is 0 Å². The summed E-state index contributed by atoms with van der Waals surface area (Å²) in [6.07, 6.45) is 7.73. The number of hydrogen-bond donors (Lipinski definition) is 1. The Balaban J connectivity index is 1.48. The number of nitrogens with zero attached hydrogens (tertiary/aromatic N) is 4. The fraction of sp³-hybridized carbons (Fsp3) is 0.412. The lowest BCUT2D eigenvalue weighted by Gasteiger charge is -2.40. The van der Waals surface area contributed by atoms with Gasteiger partial charge in [0.1, 0.15) is 0 Å². The minimum absolute atomic E-state index is 0.00776. The first-order valence-corrected chi connectivity index (χ1v) is 8.29. The topological polar surface area (TPSA) is 87.9 Å². The molecule has 0 bridgehead atoms. The van der Waals surface area contributed by atoms with E-state index in [9.17, 15) is 4.79 Å². The summed E-state index contributed by atoms with van der Waals surface area (Å²) < 4.78 is 5.31. The normalized spacial score (nSPS) is 23.1.